The van der Waals surface area contributed by atoms with E-state index in [1.54, 1.807) is 0 Å². The molecule has 2 heteroatoms. The normalized spacial score (nSPS) is 23.3. The molecule has 1 saturated heterocycles. The first-order valence-electron chi connectivity index (χ1n) is 7.47. The summed E-state index contributed by atoms with van der Waals surface area (Å²) in [6.07, 6.45) is 3.44. The van der Waals surface area contributed by atoms with Gasteiger partial charge in [0.15, 0.2) is 0 Å². The van der Waals surface area contributed by atoms with Crippen LogP contribution >= 0.6 is 0 Å². The SMILES string of the molecule is CCC(C)(C)O[C@@](C)(c1ccccc1)[C@H]1CCCN1. The van der Waals surface area contributed by atoms with Crippen LogP contribution < -0.4 is 5.32 Å². The molecule has 1 aromatic carbocycles. The van der Waals surface area contributed by atoms with E-state index in [1.807, 2.05) is 0 Å². The molecule has 1 aromatic rings. The Kier molecular flexibility index (Phi) is 4.32. The van der Waals surface area contributed by atoms with Gasteiger partial charge >= 0.3 is 0 Å². The van der Waals surface area contributed by atoms with Crippen molar-refractivity contribution >= 4 is 0 Å². The minimum atomic E-state index is -0.253. The smallest absolute Gasteiger partial charge is 0.106 e. The second-order valence-corrected chi connectivity index (χ2v) is 6.34. The van der Waals surface area contributed by atoms with E-state index >= 15 is 0 Å². The van der Waals surface area contributed by atoms with Crippen molar-refractivity contribution in [1.82, 2.24) is 5.32 Å². The van der Waals surface area contributed by atoms with Gasteiger partial charge in [-0.15, -0.1) is 0 Å². The largest absolute Gasteiger partial charge is 0.363 e. The summed E-state index contributed by atoms with van der Waals surface area (Å²) in [6.45, 7) is 9.89. The highest BCUT2D eigenvalue weighted by molar-refractivity contribution is 5.25. The maximum atomic E-state index is 6.58. The first-order valence-corrected chi connectivity index (χ1v) is 7.47. The molecule has 1 fully saturated rings. The van der Waals surface area contributed by atoms with Crippen molar-refractivity contribution in [3.63, 3.8) is 0 Å². The van der Waals surface area contributed by atoms with Crippen molar-refractivity contribution in [2.45, 2.75) is 64.2 Å². The Morgan fingerprint density at radius 1 is 1.21 bits per heavy atom. The number of nitrogens with one attached hydrogen (secondary N) is 1. The molecule has 1 N–H and O–H groups in total. The van der Waals surface area contributed by atoms with E-state index in [4.69, 9.17) is 4.74 Å². The summed E-state index contributed by atoms with van der Waals surface area (Å²) in [5.74, 6) is 0. The lowest BCUT2D eigenvalue weighted by Gasteiger charge is -2.42. The van der Waals surface area contributed by atoms with E-state index in [9.17, 15) is 0 Å². The summed E-state index contributed by atoms with van der Waals surface area (Å²) in [4.78, 5) is 0. The summed E-state index contributed by atoms with van der Waals surface area (Å²) in [7, 11) is 0. The van der Waals surface area contributed by atoms with Crippen LogP contribution in [0.4, 0.5) is 0 Å². The van der Waals surface area contributed by atoms with E-state index in [2.05, 4.69) is 63.3 Å². The van der Waals surface area contributed by atoms with E-state index in [0.717, 1.165) is 13.0 Å². The molecular formula is C17H27NO. The highest BCUT2D eigenvalue weighted by atomic mass is 16.5. The van der Waals surface area contributed by atoms with Gasteiger partial charge in [-0.1, -0.05) is 37.3 Å². The second-order valence-electron chi connectivity index (χ2n) is 6.34. The van der Waals surface area contributed by atoms with Crippen LogP contribution in [0.25, 0.3) is 0 Å². The Hall–Kier alpha value is -0.860. The molecule has 2 atom stereocenters. The van der Waals surface area contributed by atoms with E-state index in [-0.39, 0.29) is 11.2 Å². The molecule has 0 bridgehead atoms. The van der Waals surface area contributed by atoms with Crippen LogP contribution in [-0.4, -0.2) is 18.2 Å². The maximum absolute atomic E-state index is 6.58. The lowest BCUT2D eigenvalue weighted by Crippen LogP contribution is -2.49. The third-order valence-corrected chi connectivity index (χ3v) is 4.41. The van der Waals surface area contributed by atoms with Crippen molar-refractivity contribution in [1.29, 1.82) is 0 Å². The van der Waals surface area contributed by atoms with Gasteiger partial charge in [0.25, 0.3) is 0 Å². The highest BCUT2D eigenvalue weighted by Crippen LogP contribution is 2.37. The molecule has 0 aliphatic carbocycles. The number of hydrogen-bond donors (Lipinski definition) is 1. The van der Waals surface area contributed by atoms with Gasteiger partial charge in [-0.3, -0.25) is 0 Å². The van der Waals surface area contributed by atoms with Gasteiger partial charge in [-0.25, -0.2) is 0 Å². The fourth-order valence-corrected chi connectivity index (χ4v) is 2.90. The Morgan fingerprint density at radius 2 is 1.89 bits per heavy atom. The predicted octanol–water partition coefficient (Wildman–Crippen LogP) is 3.86. The van der Waals surface area contributed by atoms with E-state index < -0.39 is 0 Å². The maximum Gasteiger partial charge on any atom is 0.106 e. The van der Waals surface area contributed by atoms with Crippen LogP contribution in [0.1, 0.15) is 52.5 Å². The van der Waals surface area contributed by atoms with Gasteiger partial charge in [-0.2, -0.15) is 0 Å². The van der Waals surface area contributed by atoms with Crippen LogP contribution in [0.3, 0.4) is 0 Å². The van der Waals surface area contributed by atoms with Gasteiger partial charge in [-0.05, 0) is 52.1 Å². The second kappa shape index (κ2) is 5.64. The third-order valence-electron chi connectivity index (χ3n) is 4.41. The van der Waals surface area contributed by atoms with Crippen molar-refractivity contribution in [2.75, 3.05) is 6.54 Å². The number of ether oxygens (including phenoxy) is 1. The zero-order chi connectivity index (χ0) is 13.9. The van der Waals surface area contributed by atoms with Crippen molar-refractivity contribution in [2.24, 2.45) is 0 Å². The lowest BCUT2D eigenvalue weighted by atomic mass is 9.85. The fraction of sp³-hybridized carbons (Fsp3) is 0.647. The molecule has 0 amide bonds. The molecule has 0 unspecified atom stereocenters. The molecule has 0 aromatic heterocycles. The quantitative estimate of drug-likeness (QED) is 0.869. The molecule has 0 spiro atoms. The molecule has 106 valence electrons. The zero-order valence-electron chi connectivity index (χ0n) is 12.7. The topological polar surface area (TPSA) is 21.3 Å². The molecule has 1 aliphatic rings. The Balaban J connectivity index is 2.32. The Labute approximate surface area is 117 Å². The van der Waals surface area contributed by atoms with Gasteiger partial charge in [0.2, 0.25) is 0 Å². The Bertz CT molecular complexity index is 395. The molecule has 19 heavy (non-hydrogen) atoms. The molecule has 1 heterocycles. The van der Waals surface area contributed by atoms with Crippen molar-refractivity contribution in [3.05, 3.63) is 35.9 Å². The monoisotopic (exact) mass is 261 g/mol. The number of benzene rings is 1. The average molecular weight is 261 g/mol. The fourth-order valence-electron chi connectivity index (χ4n) is 2.90. The molecule has 2 rings (SSSR count). The molecular weight excluding hydrogens is 234 g/mol. The molecule has 0 saturated carbocycles. The van der Waals surface area contributed by atoms with E-state index in [0.29, 0.717) is 6.04 Å². The molecule has 1 aliphatic heterocycles. The zero-order valence-corrected chi connectivity index (χ0v) is 12.7. The summed E-state index contributed by atoms with van der Waals surface area (Å²) < 4.78 is 6.58. The lowest BCUT2D eigenvalue weighted by molar-refractivity contribution is -0.152. The summed E-state index contributed by atoms with van der Waals surface area (Å²) in [5.41, 5.74) is 0.919. The summed E-state index contributed by atoms with van der Waals surface area (Å²) in [5, 5.41) is 3.62. The predicted molar refractivity (Wildman–Crippen MR) is 80.3 cm³/mol. The van der Waals surface area contributed by atoms with Gasteiger partial charge in [0.1, 0.15) is 5.60 Å². The number of rotatable bonds is 5. The molecule has 2 nitrogen and oxygen atoms in total. The first kappa shape index (κ1) is 14.5. The van der Waals surface area contributed by atoms with Crippen LogP contribution in [-0.2, 0) is 10.3 Å². The summed E-state index contributed by atoms with van der Waals surface area (Å²) in [6, 6.07) is 11.0. The highest BCUT2D eigenvalue weighted by Gasteiger charge is 2.41. The Morgan fingerprint density at radius 3 is 2.42 bits per heavy atom. The molecule has 0 radical (unpaired) electrons. The minimum Gasteiger partial charge on any atom is -0.363 e. The van der Waals surface area contributed by atoms with Crippen LogP contribution in [0.15, 0.2) is 30.3 Å². The van der Waals surface area contributed by atoms with E-state index in [1.165, 1.54) is 18.4 Å². The van der Waals surface area contributed by atoms with Crippen LogP contribution in [0.5, 0.6) is 0 Å². The number of hydrogen-bond acceptors (Lipinski definition) is 2. The van der Waals surface area contributed by atoms with Crippen LogP contribution in [0, 0.1) is 0 Å². The average Bonchev–Trinajstić information content (AvgIpc) is 2.94. The minimum absolute atomic E-state index is 0.102. The first-order chi connectivity index (χ1) is 8.98. The summed E-state index contributed by atoms with van der Waals surface area (Å²) >= 11 is 0. The van der Waals surface area contributed by atoms with Gasteiger partial charge in [0, 0.05) is 6.04 Å². The van der Waals surface area contributed by atoms with Crippen LogP contribution in [0.2, 0.25) is 0 Å². The third kappa shape index (κ3) is 3.18. The van der Waals surface area contributed by atoms with Crippen molar-refractivity contribution in [3.8, 4) is 0 Å². The van der Waals surface area contributed by atoms with Gasteiger partial charge < -0.3 is 10.1 Å². The van der Waals surface area contributed by atoms with Gasteiger partial charge in [0.05, 0.1) is 5.60 Å². The standard InChI is InChI=1S/C17H27NO/c1-5-16(2,3)19-17(4,15-12-9-13-18-15)14-10-7-6-8-11-14/h6-8,10-11,15,18H,5,9,12-13H2,1-4H3/t15-,17+/m1/s1. The van der Waals surface area contributed by atoms with Crippen molar-refractivity contribution < 1.29 is 4.74 Å².